The monoisotopic (exact) mass is 505 g/mol. The van der Waals surface area contributed by atoms with Crippen molar-refractivity contribution in [2.75, 3.05) is 4.90 Å². The summed E-state index contributed by atoms with van der Waals surface area (Å²) in [6, 6.07) is 19.5. The lowest BCUT2D eigenvalue weighted by Gasteiger charge is -2.19. The number of aromatic nitrogens is 4. The highest BCUT2D eigenvalue weighted by Gasteiger charge is 2.43. The number of nitrogens with zero attached hydrogens (tertiary/aromatic N) is 4. The first kappa shape index (κ1) is 23.4. The van der Waals surface area contributed by atoms with Crippen molar-refractivity contribution in [3.63, 3.8) is 0 Å². The SMILES string of the molecule is CC(C)(C)OC(=O)n1cc(C2=C(c3[nH]nc4ncccc34)C(=O)N(c3ccccc3)C2=O)c2ccccc21. The minimum absolute atomic E-state index is 0.154. The van der Waals surface area contributed by atoms with Crippen LogP contribution in [-0.4, -0.2) is 43.3 Å². The summed E-state index contributed by atoms with van der Waals surface area (Å²) in [5.74, 6) is -1.00. The minimum atomic E-state index is -0.724. The lowest BCUT2D eigenvalue weighted by atomic mass is 9.98. The molecule has 9 heteroatoms. The number of anilines is 1. The number of benzene rings is 2. The zero-order chi connectivity index (χ0) is 26.6. The van der Waals surface area contributed by atoms with Crippen molar-refractivity contribution < 1.29 is 19.1 Å². The lowest BCUT2D eigenvalue weighted by molar-refractivity contribution is -0.119. The predicted octanol–water partition coefficient (Wildman–Crippen LogP) is 5.18. The number of fused-ring (bicyclic) bond motifs is 2. The first-order valence-electron chi connectivity index (χ1n) is 12.1. The Kier molecular flexibility index (Phi) is 5.23. The third kappa shape index (κ3) is 3.67. The highest BCUT2D eigenvalue weighted by atomic mass is 16.6. The van der Waals surface area contributed by atoms with Gasteiger partial charge < -0.3 is 4.74 Å². The summed E-state index contributed by atoms with van der Waals surface area (Å²) in [6.45, 7) is 5.35. The van der Waals surface area contributed by atoms with Crippen LogP contribution >= 0.6 is 0 Å². The third-order valence-electron chi connectivity index (χ3n) is 6.25. The molecule has 0 fully saturated rings. The molecule has 0 radical (unpaired) electrons. The molecular formula is C29H23N5O4. The van der Waals surface area contributed by atoms with Crippen LogP contribution in [0.15, 0.2) is 79.1 Å². The molecule has 2 aromatic carbocycles. The molecule has 0 spiro atoms. The molecule has 0 atom stereocenters. The van der Waals surface area contributed by atoms with Crippen molar-refractivity contribution in [2.45, 2.75) is 26.4 Å². The van der Waals surface area contributed by atoms with Gasteiger partial charge in [0.25, 0.3) is 11.8 Å². The van der Waals surface area contributed by atoms with Crippen LogP contribution in [0.5, 0.6) is 0 Å². The second-order valence-corrected chi connectivity index (χ2v) is 9.91. The normalized spacial score (nSPS) is 14.2. The second-order valence-electron chi connectivity index (χ2n) is 9.91. The molecule has 0 saturated carbocycles. The maximum atomic E-state index is 14.1. The zero-order valence-corrected chi connectivity index (χ0v) is 20.9. The largest absolute Gasteiger partial charge is 0.443 e. The summed E-state index contributed by atoms with van der Waals surface area (Å²) in [5.41, 5.74) is 1.82. The number of hydrogen-bond donors (Lipinski definition) is 1. The fourth-order valence-electron chi connectivity index (χ4n) is 4.70. The van der Waals surface area contributed by atoms with Gasteiger partial charge in [0, 0.05) is 28.7 Å². The second kappa shape index (κ2) is 8.52. The van der Waals surface area contributed by atoms with E-state index < -0.39 is 23.5 Å². The van der Waals surface area contributed by atoms with Crippen LogP contribution in [0, 0.1) is 0 Å². The van der Waals surface area contributed by atoms with Gasteiger partial charge in [0.1, 0.15) is 5.60 Å². The number of carbonyl (C=O) groups is 3. The van der Waals surface area contributed by atoms with Crippen molar-refractivity contribution in [1.29, 1.82) is 0 Å². The Morgan fingerprint density at radius 3 is 2.32 bits per heavy atom. The highest BCUT2D eigenvalue weighted by Crippen LogP contribution is 2.42. The Morgan fingerprint density at radius 2 is 1.55 bits per heavy atom. The summed E-state index contributed by atoms with van der Waals surface area (Å²) in [7, 11) is 0. The van der Waals surface area contributed by atoms with Crippen molar-refractivity contribution in [2.24, 2.45) is 0 Å². The standard InChI is InChI=1S/C29H23N5O4/c1-29(2,3)38-28(37)33-16-20(18-12-7-8-14-21(18)33)22-23(24-19-13-9-15-30-25(19)32-31-24)27(36)34(26(22)35)17-10-5-4-6-11-17/h4-16H,1-3H3,(H,30,31,32). The van der Waals surface area contributed by atoms with Crippen molar-refractivity contribution in [1.82, 2.24) is 19.7 Å². The van der Waals surface area contributed by atoms with E-state index >= 15 is 0 Å². The molecule has 0 aliphatic carbocycles. The van der Waals surface area contributed by atoms with Gasteiger partial charge in [-0.2, -0.15) is 5.10 Å². The number of H-pyrrole nitrogens is 1. The Hall–Kier alpha value is -5.05. The van der Waals surface area contributed by atoms with Crippen LogP contribution in [0.3, 0.4) is 0 Å². The molecule has 38 heavy (non-hydrogen) atoms. The Bertz CT molecular complexity index is 1790. The smallest absolute Gasteiger partial charge is 0.419 e. The molecule has 3 aromatic heterocycles. The Labute approximate surface area is 217 Å². The molecule has 1 N–H and O–H groups in total. The quantitative estimate of drug-likeness (QED) is 0.338. The van der Waals surface area contributed by atoms with E-state index in [9.17, 15) is 14.4 Å². The summed E-state index contributed by atoms with van der Waals surface area (Å²) < 4.78 is 7.00. The van der Waals surface area contributed by atoms with Crippen LogP contribution < -0.4 is 4.90 Å². The number of carbonyl (C=O) groups excluding carboxylic acids is 3. The average Bonchev–Trinajstić information content (AvgIpc) is 3.55. The maximum Gasteiger partial charge on any atom is 0.419 e. The van der Waals surface area contributed by atoms with Crippen LogP contribution in [0.4, 0.5) is 10.5 Å². The van der Waals surface area contributed by atoms with E-state index in [4.69, 9.17) is 4.74 Å². The first-order chi connectivity index (χ1) is 18.2. The van der Waals surface area contributed by atoms with E-state index in [0.717, 1.165) is 4.90 Å². The van der Waals surface area contributed by atoms with Crippen molar-refractivity contribution >= 4 is 56.7 Å². The molecule has 4 heterocycles. The van der Waals surface area contributed by atoms with Gasteiger partial charge in [0.15, 0.2) is 5.65 Å². The molecule has 9 nitrogen and oxygen atoms in total. The van der Waals surface area contributed by atoms with Gasteiger partial charge in [-0.1, -0.05) is 36.4 Å². The molecule has 0 saturated heterocycles. The number of ether oxygens (including phenoxy) is 1. The Morgan fingerprint density at radius 1 is 0.868 bits per heavy atom. The maximum absolute atomic E-state index is 14.1. The summed E-state index contributed by atoms with van der Waals surface area (Å²) in [6.07, 6.45) is 2.58. The summed E-state index contributed by atoms with van der Waals surface area (Å²) >= 11 is 0. The number of rotatable bonds is 3. The molecule has 1 aliphatic rings. The van der Waals surface area contributed by atoms with E-state index in [-0.39, 0.29) is 11.1 Å². The molecule has 0 unspecified atom stereocenters. The van der Waals surface area contributed by atoms with Gasteiger partial charge in [-0.05, 0) is 51.1 Å². The van der Waals surface area contributed by atoms with Gasteiger partial charge in [0.2, 0.25) is 0 Å². The van der Waals surface area contributed by atoms with Crippen molar-refractivity contribution in [3.05, 3.63) is 90.4 Å². The molecule has 0 bridgehead atoms. The number of pyridine rings is 1. The predicted molar refractivity (Wildman–Crippen MR) is 143 cm³/mol. The fourth-order valence-corrected chi connectivity index (χ4v) is 4.70. The topological polar surface area (TPSA) is 110 Å². The number of imide groups is 1. The molecule has 5 aromatic rings. The molecule has 6 rings (SSSR count). The minimum Gasteiger partial charge on any atom is -0.443 e. The van der Waals surface area contributed by atoms with E-state index in [1.165, 1.54) is 4.57 Å². The number of hydrogen-bond acceptors (Lipinski definition) is 6. The van der Waals surface area contributed by atoms with Gasteiger partial charge >= 0.3 is 6.09 Å². The molecule has 1 aliphatic heterocycles. The summed E-state index contributed by atoms with van der Waals surface area (Å²) in [5, 5.41) is 8.40. The van der Waals surface area contributed by atoms with E-state index in [1.807, 2.05) is 18.2 Å². The number of amides is 2. The van der Waals surface area contributed by atoms with Gasteiger partial charge in [-0.25, -0.2) is 14.7 Å². The third-order valence-corrected chi connectivity index (χ3v) is 6.25. The number of nitrogens with one attached hydrogen (secondary N) is 1. The average molecular weight is 506 g/mol. The van der Waals surface area contributed by atoms with Gasteiger partial charge in [-0.3, -0.25) is 19.3 Å². The fraction of sp³-hybridized carbons (Fsp3) is 0.138. The Balaban J connectivity index is 1.63. The van der Waals surface area contributed by atoms with Crippen LogP contribution in [0.2, 0.25) is 0 Å². The van der Waals surface area contributed by atoms with Gasteiger partial charge in [0.05, 0.1) is 28.0 Å². The summed E-state index contributed by atoms with van der Waals surface area (Å²) in [4.78, 5) is 46.6. The van der Waals surface area contributed by atoms with Crippen LogP contribution in [0.25, 0.3) is 33.1 Å². The number of para-hydroxylation sites is 2. The first-order valence-corrected chi connectivity index (χ1v) is 12.1. The lowest BCUT2D eigenvalue weighted by Crippen LogP contribution is -2.31. The molecular weight excluding hydrogens is 482 g/mol. The number of aromatic amines is 1. The molecule has 188 valence electrons. The van der Waals surface area contributed by atoms with Crippen LogP contribution in [-0.2, 0) is 14.3 Å². The molecule has 2 amide bonds. The van der Waals surface area contributed by atoms with E-state index in [0.29, 0.717) is 38.9 Å². The highest BCUT2D eigenvalue weighted by molar-refractivity contribution is 6.58. The van der Waals surface area contributed by atoms with E-state index in [2.05, 4.69) is 15.2 Å². The van der Waals surface area contributed by atoms with E-state index in [1.54, 1.807) is 81.7 Å². The van der Waals surface area contributed by atoms with Crippen LogP contribution in [0.1, 0.15) is 32.0 Å². The zero-order valence-electron chi connectivity index (χ0n) is 20.9. The van der Waals surface area contributed by atoms with Gasteiger partial charge in [-0.15, -0.1) is 0 Å². The van der Waals surface area contributed by atoms with Crippen molar-refractivity contribution in [3.8, 4) is 0 Å².